The van der Waals surface area contributed by atoms with Crippen LogP contribution >= 0.6 is 11.3 Å². The van der Waals surface area contributed by atoms with Gasteiger partial charge in [-0.3, -0.25) is 0 Å². The molecule has 1 aromatic heterocycles. The number of ether oxygens (including phenoxy) is 2. The first-order valence-electron chi connectivity index (χ1n) is 9.75. The van der Waals surface area contributed by atoms with Crippen molar-refractivity contribution in [3.8, 4) is 44.5 Å². The largest absolute Gasteiger partial charge is 0.493 e. The van der Waals surface area contributed by atoms with E-state index in [0.29, 0.717) is 6.61 Å². The van der Waals surface area contributed by atoms with Gasteiger partial charge in [-0.15, -0.1) is 11.3 Å². The lowest BCUT2D eigenvalue weighted by Gasteiger charge is -2.10. The van der Waals surface area contributed by atoms with Gasteiger partial charge in [0.15, 0.2) is 11.5 Å². The molecule has 4 heteroatoms. The average Bonchev–Trinajstić information content (AvgIpc) is 3.39. The van der Waals surface area contributed by atoms with Gasteiger partial charge in [0.25, 0.3) is 0 Å². The SMILES string of the molecule is CCOc1ccc(-c2nc(-c3ccc4c(c3)-c3ccccc3C4)cs2)cc1OC. The Morgan fingerprint density at radius 1 is 0.897 bits per heavy atom. The predicted octanol–water partition coefficient (Wildman–Crippen LogP) is 6.46. The van der Waals surface area contributed by atoms with Crippen molar-refractivity contribution < 1.29 is 9.47 Å². The normalized spacial score (nSPS) is 11.8. The molecule has 0 radical (unpaired) electrons. The van der Waals surface area contributed by atoms with Crippen LogP contribution in [0.4, 0.5) is 0 Å². The van der Waals surface area contributed by atoms with Gasteiger partial charge < -0.3 is 9.47 Å². The lowest BCUT2D eigenvalue weighted by molar-refractivity contribution is 0.311. The number of aromatic nitrogens is 1. The molecule has 0 bridgehead atoms. The summed E-state index contributed by atoms with van der Waals surface area (Å²) in [5.41, 5.74) is 8.66. The van der Waals surface area contributed by atoms with Crippen LogP contribution in [0.2, 0.25) is 0 Å². The second-order valence-corrected chi connectivity index (χ2v) is 7.90. The Morgan fingerprint density at radius 3 is 2.59 bits per heavy atom. The number of fused-ring (bicyclic) bond motifs is 3. The van der Waals surface area contributed by atoms with Crippen LogP contribution in [0.5, 0.6) is 11.5 Å². The van der Waals surface area contributed by atoms with Crippen molar-refractivity contribution in [2.24, 2.45) is 0 Å². The summed E-state index contributed by atoms with van der Waals surface area (Å²) in [7, 11) is 1.66. The van der Waals surface area contributed by atoms with Crippen LogP contribution < -0.4 is 9.47 Å². The minimum Gasteiger partial charge on any atom is -0.493 e. The Balaban J connectivity index is 1.49. The quantitative estimate of drug-likeness (QED) is 0.340. The molecule has 1 aliphatic carbocycles. The van der Waals surface area contributed by atoms with Gasteiger partial charge in [-0.05, 0) is 59.9 Å². The topological polar surface area (TPSA) is 31.4 Å². The fourth-order valence-electron chi connectivity index (χ4n) is 3.90. The summed E-state index contributed by atoms with van der Waals surface area (Å²) in [6.07, 6.45) is 1.01. The van der Waals surface area contributed by atoms with Gasteiger partial charge in [0, 0.05) is 16.5 Å². The zero-order valence-corrected chi connectivity index (χ0v) is 17.3. The molecule has 5 rings (SSSR count). The Labute approximate surface area is 174 Å². The molecule has 0 saturated carbocycles. The van der Waals surface area contributed by atoms with Gasteiger partial charge >= 0.3 is 0 Å². The molecule has 29 heavy (non-hydrogen) atoms. The van der Waals surface area contributed by atoms with E-state index in [1.54, 1.807) is 18.4 Å². The van der Waals surface area contributed by atoms with Crippen molar-refractivity contribution in [3.63, 3.8) is 0 Å². The van der Waals surface area contributed by atoms with Gasteiger partial charge in [-0.1, -0.05) is 36.4 Å². The molecule has 0 spiro atoms. The van der Waals surface area contributed by atoms with Crippen LogP contribution in [0.25, 0.3) is 33.0 Å². The highest BCUT2D eigenvalue weighted by Crippen LogP contribution is 2.40. The van der Waals surface area contributed by atoms with Crippen molar-refractivity contribution in [2.75, 3.05) is 13.7 Å². The van der Waals surface area contributed by atoms with Gasteiger partial charge in [0.1, 0.15) is 5.01 Å². The van der Waals surface area contributed by atoms with Crippen LogP contribution in [-0.4, -0.2) is 18.7 Å². The van der Waals surface area contributed by atoms with Gasteiger partial charge in [0.2, 0.25) is 0 Å². The molecule has 3 nitrogen and oxygen atoms in total. The third-order valence-electron chi connectivity index (χ3n) is 5.31. The molecule has 0 N–H and O–H groups in total. The fourth-order valence-corrected chi connectivity index (χ4v) is 4.72. The van der Waals surface area contributed by atoms with Crippen molar-refractivity contribution in [1.29, 1.82) is 0 Å². The Bertz CT molecular complexity index is 1200. The number of methoxy groups -OCH3 is 1. The minimum atomic E-state index is 0.610. The standard InChI is InChI=1S/C25H21NO2S/c1-3-28-23-11-10-19(14-24(23)27-2)25-26-22(15-29-25)18-9-8-17-12-16-6-4-5-7-20(16)21(17)13-18/h4-11,13-15H,3,12H2,1-2H3. The van der Waals surface area contributed by atoms with E-state index < -0.39 is 0 Å². The highest BCUT2D eigenvalue weighted by Gasteiger charge is 2.19. The van der Waals surface area contributed by atoms with Crippen molar-refractivity contribution in [2.45, 2.75) is 13.3 Å². The van der Waals surface area contributed by atoms with E-state index in [-0.39, 0.29) is 0 Å². The number of rotatable bonds is 5. The highest BCUT2D eigenvalue weighted by atomic mass is 32.1. The molecule has 0 saturated heterocycles. The van der Waals surface area contributed by atoms with Gasteiger partial charge in [-0.25, -0.2) is 4.98 Å². The van der Waals surface area contributed by atoms with E-state index in [1.807, 2.05) is 25.1 Å². The molecule has 1 heterocycles. The van der Waals surface area contributed by atoms with Crippen molar-refractivity contribution in [1.82, 2.24) is 4.98 Å². The van der Waals surface area contributed by atoms with Crippen LogP contribution in [0.3, 0.4) is 0 Å². The molecule has 144 valence electrons. The molecule has 0 unspecified atom stereocenters. The molecule has 0 amide bonds. The fraction of sp³-hybridized carbons (Fsp3) is 0.160. The summed E-state index contributed by atoms with van der Waals surface area (Å²) in [4.78, 5) is 4.91. The molecule has 0 fully saturated rings. The van der Waals surface area contributed by atoms with Crippen LogP contribution in [-0.2, 0) is 6.42 Å². The second kappa shape index (κ2) is 7.37. The first kappa shape index (κ1) is 18.0. The van der Waals surface area contributed by atoms with E-state index in [2.05, 4.69) is 47.8 Å². The van der Waals surface area contributed by atoms with Crippen LogP contribution in [0.15, 0.2) is 66.0 Å². The van der Waals surface area contributed by atoms with Gasteiger partial charge in [0.05, 0.1) is 19.4 Å². The average molecular weight is 400 g/mol. The lowest BCUT2D eigenvalue weighted by atomic mass is 10.0. The van der Waals surface area contributed by atoms with E-state index in [0.717, 1.165) is 39.7 Å². The van der Waals surface area contributed by atoms with E-state index >= 15 is 0 Å². The number of hydrogen-bond donors (Lipinski definition) is 0. The summed E-state index contributed by atoms with van der Waals surface area (Å²) >= 11 is 1.65. The number of nitrogens with zero attached hydrogens (tertiary/aromatic N) is 1. The number of hydrogen-bond acceptors (Lipinski definition) is 4. The number of thiazole rings is 1. The zero-order valence-electron chi connectivity index (χ0n) is 16.4. The van der Waals surface area contributed by atoms with E-state index in [4.69, 9.17) is 14.5 Å². The molecule has 0 aliphatic heterocycles. The lowest BCUT2D eigenvalue weighted by Crippen LogP contribution is -1.95. The smallest absolute Gasteiger partial charge is 0.161 e. The van der Waals surface area contributed by atoms with Crippen molar-refractivity contribution >= 4 is 11.3 Å². The monoisotopic (exact) mass is 399 g/mol. The Hall–Kier alpha value is -3.11. The second-order valence-electron chi connectivity index (χ2n) is 7.04. The summed E-state index contributed by atoms with van der Waals surface area (Å²) in [5.74, 6) is 1.49. The first-order valence-corrected chi connectivity index (χ1v) is 10.6. The van der Waals surface area contributed by atoms with Crippen molar-refractivity contribution in [3.05, 3.63) is 77.2 Å². The highest BCUT2D eigenvalue weighted by molar-refractivity contribution is 7.13. The molecular formula is C25H21NO2S. The third-order valence-corrected chi connectivity index (χ3v) is 6.20. The molecule has 0 atom stereocenters. The summed E-state index contributed by atoms with van der Waals surface area (Å²) in [6, 6.07) is 21.3. The number of benzene rings is 3. The van der Waals surface area contributed by atoms with Gasteiger partial charge in [-0.2, -0.15) is 0 Å². The first-order chi connectivity index (χ1) is 14.3. The maximum absolute atomic E-state index is 5.62. The van der Waals surface area contributed by atoms with Crippen LogP contribution in [0.1, 0.15) is 18.1 Å². The Morgan fingerprint density at radius 2 is 1.72 bits per heavy atom. The van der Waals surface area contributed by atoms with Crippen LogP contribution in [0, 0.1) is 0 Å². The minimum absolute atomic E-state index is 0.610. The summed E-state index contributed by atoms with van der Waals surface area (Å²) in [5, 5.41) is 3.10. The Kier molecular flexibility index (Phi) is 4.57. The molecule has 3 aromatic carbocycles. The maximum Gasteiger partial charge on any atom is 0.161 e. The van der Waals surface area contributed by atoms with E-state index in [9.17, 15) is 0 Å². The molecule has 1 aliphatic rings. The predicted molar refractivity (Wildman–Crippen MR) is 119 cm³/mol. The third kappa shape index (κ3) is 3.19. The maximum atomic E-state index is 5.62. The summed E-state index contributed by atoms with van der Waals surface area (Å²) in [6.45, 7) is 2.58. The molecular weight excluding hydrogens is 378 g/mol. The van der Waals surface area contributed by atoms with E-state index in [1.165, 1.54) is 22.3 Å². The zero-order chi connectivity index (χ0) is 19.8. The molecule has 4 aromatic rings. The summed E-state index contributed by atoms with van der Waals surface area (Å²) < 4.78 is 11.1.